The summed E-state index contributed by atoms with van der Waals surface area (Å²) in [6.07, 6.45) is 0. The maximum Gasteiger partial charge on any atom is 0.243 e. The van der Waals surface area contributed by atoms with Gasteiger partial charge in [-0.2, -0.15) is 4.31 Å². The van der Waals surface area contributed by atoms with Crippen LogP contribution in [0.15, 0.2) is 29.2 Å². The second-order valence-electron chi connectivity index (χ2n) is 5.43. The highest BCUT2D eigenvalue weighted by atomic mass is 32.2. The number of piperazine rings is 1. The summed E-state index contributed by atoms with van der Waals surface area (Å²) in [6.45, 7) is 6.88. The number of sulfonamides is 1. The predicted molar refractivity (Wildman–Crippen MR) is 76.8 cm³/mol. The molecule has 1 aliphatic rings. The highest BCUT2D eigenvalue weighted by molar-refractivity contribution is 7.89. The topological polar surface area (TPSA) is 40.6 Å². The van der Waals surface area contributed by atoms with Crippen molar-refractivity contribution < 1.29 is 8.42 Å². The Kier molecular flexibility index (Phi) is 4.28. The molecule has 0 aromatic heterocycles. The number of benzene rings is 1. The monoisotopic (exact) mass is 282 g/mol. The number of likely N-dealkylation sites (N-methyl/N-ethyl adjacent to an activating group) is 1. The van der Waals surface area contributed by atoms with E-state index in [0.29, 0.717) is 23.9 Å². The second kappa shape index (κ2) is 5.61. The second-order valence-corrected chi connectivity index (χ2v) is 7.37. The van der Waals surface area contributed by atoms with Gasteiger partial charge in [-0.05, 0) is 30.7 Å². The molecule has 0 atom stereocenters. The first-order valence-corrected chi connectivity index (χ1v) is 8.14. The van der Waals surface area contributed by atoms with Gasteiger partial charge in [0.2, 0.25) is 10.0 Å². The molecule has 0 bridgehead atoms. The van der Waals surface area contributed by atoms with Gasteiger partial charge in [-0.1, -0.05) is 26.0 Å². The normalized spacial score (nSPS) is 18.9. The average molecular weight is 282 g/mol. The summed E-state index contributed by atoms with van der Waals surface area (Å²) in [6, 6.07) is 7.31. The fraction of sp³-hybridized carbons (Fsp3) is 0.571. The maximum absolute atomic E-state index is 12.6. The van der Waals surface area contributed by atoms with Gasteiger partial charge in [0.05, 0.1) is 4.90 Å². The van der Waals surface area contributed by atoms with Crippen molar-refractivity contribution in [2.75, 3.05) is 33.2 Å². The molecule has 0 unspecified atom stereocenters. The Morgan fingerprint density at radius 3 is 2.32 bits per heavy atom. The Morgan fingerprint density at radius 1 is 1.11 bits per heavy atom. The smallest absolute Gasteiger partial charge is 0.243 e. The average Bonchev–Trinajstić information content (AvgIpc) is 2.39. The first-order chi connectivity index (χ1) is 8.91. The fourth-order valence-corrected chi connectivity index (χ4v) is 3.69. The van der Waals surface area contributed by atoms with Crippen LogP contribution in [-0.4, -0.2) is 50.8 Å². The molecule has 1 heterocycles. The van der Waals surface area contributed by atoms with Crippen LogP contribution in [0.5, 0.6) is 0 Å². The molecule has 1 saturated heterocycles. The van der Waals surface area contributed by atoms with Crippen molar-refractivity contribution in [3.05, 3.63) is 29.8 Å². The van der Waals surface area contributed by atoms with E-state index < -0.39 is 10.0 Å². The number of hydrogen-bond donors (Lipinski definition) is 0. The van der Waals surface area contributed by atoms with Crippen molar-refractivity contribution in [1.29, 1.82) is 0 Å². The van der Waals surface area contributed by atoms with E-state index in [2.05, 4.69) is 18.7 Å². The molecule has 0 radical (unpaired) electrons. The molecule has 1 aromatic carbocycles. The minimum absolute atomic E-state index is 0.336. The summed E-state index contributed by atoms with van der Waals surface area (Å²) >= 11 is 0. The van der Waals surface area contributed by atoms with Crippen molar-refractivity contribution in [2.24, 2.45) is 0 Å². The molecular formula is C14H22N2O2S. The van der Waals surface area contributed by atoms with Gasteiger partial charge in [-0.25, -0.2) is 8.42 Å². The van der Waals surface area contributed by atoms with Gasteiger partial charge in [0.15, 0.2) is 0 Å². The third-order valence-electron chi connectivity index (χ3n) is 3.62. The van der Waals surface area contributed by atoms with E-state index in [9.17, 15) is 8.42 Å². The highest BCUT2D eigenvalue weighted by Crippen LogP contribution is 2.22. The summed E-state index contributed by atoms with van der Waals surface area (Å²) in [5.74, 6) is 0.336. The van der Waals surface area contributed by atoms with Crippen LogP contribution in [0.25, 0.3) is 0 Å². The summed E-state index contributed by atoms with van der Waals surface area (Å²) in [5.41, 5.74) is 1.07. The summed E-state index contributed by atoms with van der Waals surface area (Å²) in [7, 11) is -1.32. The van der Waals surface area contributed by atoms with E-state index in [1.165, 1.54) is 0 Å². The Morgan fingerprint density at radius 2 is 1.74 bits per heavy atom. The first-order valence-electron chi connectivity index (χ1n) is 6.70. The van der Waals surface area contributed by atoms with Gasteiger partial charge in [0.1, 0.15) is 0 Å². The van der Waals surface area contributed by atoms with Crippen molar-refractivity contribution in [3.63, 3.8) is 0 Å². The quantitative estimate of drug-likeness (QED) is 0.848. The third-order valence-corrected chi connectivity index (χ3v) is 5.52. The summed E-state index contributed by atoms with van der Waals surface area (Å²) < 4.78 is 26.7. The van der Waals surface area contributed by atoms with Crippen LogP contribution in [0.1, 0.15) is 25.3 Å². The van der Waals surface area contributed by atoms with Gasteiger partial charge in [0.25, 0.3) is 0 Å². The minimum atomic E-state index is -3.33. The molecule has 5 heteroatoms. The van der Waals surface area contributed by atoms with Crippen LogP contribution in [0, 0.1) is 0 Å². The molecule has 1 fully saturated rings. The van der Waals surface area contributed by atoms with Crippen molar-refractivity contribution in [1.82, 2.24) is 9.21 Å². The largest absolute Gasteiger partial charge is 0.304 e. The van der Waals surface area contributed by atoms with Crippen LogP contribution in [0.3, 0.4) is 0 Å². The lowest BCUT2D eigenvalue weighted by Gasteiger charge is -2.31. The van der Waals surface area contributed by atoms with Gasteiger partial charge in [-0.15, -0.1) is 0 Å². The Balaban J connectivity index is 2.26. The summed E-state index contributed by atoms with van der Waals surface area (Å²) in [5, 5.41) is 0. The molecule has 0 N–H and O–H groups in total. The molecular weight excluding hydrogens is 260 g/mol. The van der Waals surface area contributed by atoms with Gasteiger partial charge < -0.3 is 4.90 Å². The van der Waals surface area contributed by atoms with E-state index in [0.717, 1.165) is 18.7 Å². The molecule has 0 aliphatic carbocycles. The van der Waals surface area contributed by atoms with E-state index >= 15 is 0 Å². The molecule has 106 valence electrons. The molecule has 19 heavy (non-hydrogen) atoms. The van der Waals surface area contributed by atoms with Gasteiger partial charge >= 0.3 is 0 Å². The van der Waals surface area contributed by atoms with E-state index in [4.69, 9.17) is 0 Å². The standard InChI is InChI=1S/C14H22N2O2S/c1-12(2)13-5-4-6-14(11-13)19(17,18)16-9-7-15(3)8-10-16/h4-6,11-12H,7-10H2,1-3H3. The van der Waals surface area contributed by atoms with Crippen LogP contribution in [0.2, 0.25) is 0 Å². The predicted octanol–water partition coefficient (Wildman–Crippen LogP) is 1.75. The Bertz CT molecular complexity index is 532. The summed E-state index contributed by atoms with van der Waals surface area (Å²) in [4.78, 5) is 2.57. The lowest BCUT2D eigenvalue weighted by atomic mass is 10.0. The molecule has 2 rings (SSSR count). The first kappa shape index (κ1) is 14.5. The zero-order valence-electron chi connectivity index (χ0n) is 11.8. The number of hydrogen-bond acceptors (Lipinski definition) is 3. The molecule has 0 saturated carbocycles. The lowest BCUT2D eigenvalue weighted by molar-refractivity contribution is 0.222. The van der Waals surface area contributed by atoms with Gasteiger partial charge in [-0.3, -0.25) is 0 Å². The van der Waals surface area contributed by atoms with E-state index in [1.807, 2.05) is 19.2 Å². The van der Waals surface area contributed by atoms with Crippen LogP contribution >= 0.6 is 0 Å². The number of nitrogens with zero attached hydrogens (tertiary/aromatic N) is 2. The van der Waals surface area contributed by atoms with Crippen LogP contribution < -0.4 is 0 Å². The third kappa shape index (κ3) is 3.16. The zero-order chi connectivity index (χ0) is 14.0. The molecule has 0 spiro atoms. The van der Waals surface area contributed by atoms with Crippen LogP contribution in [0.4, 0.5) is 0 Å². The molecule has 4 nitrogen and oxygen atoms in total. The zero-order valence-corrected chi connectivity index (χ0v) is 12.7. The highest BCUT2D eigenvalue weighted by Gasteiger charge is 2.27. The molecule has 1 aromatic rings. The maximum atomic E-state index is 12.6. The van der Waals surface area contributed by atoms with Crippen molar-refractivity contribution in [3.8, 4) is 0 Å². The lowest BCUT2D eigenvalue weighted by Crippen LogP contribution is -2.47. The fourth-order valence-electron chi connectivity index (χ4n) is 2.21. The van der Waals surface area contributed by atoms with Gasteiger partial charge in [0, 0.05) is 26.2 Å². The Labute approximate surface area is 116 Å². The SMILES string of the molecule is CC(C)c1cccc(S(=O)(=O)N2CCN(C)CC2)c1. The Hall–Kier alpha value is -0.910. The number of rotatable bonds is 3. The van der Waals surface area contributed by atoms with E-state index in [1.54, 1.807) is 16.4 Å². The minimum Gasteiger partial charge on any atom is -0.304 e. The van der Waals surface area contributed by atoms with E-state index in [-0.39, 0.29) is 0 Å². The van der Waals surface area contributed by atoms with Crippen LogP contribution in [-0.2, 0) is 10.0 Å². The van der Waals surface area contributed by atoms with Crippen molar-refractivity contribution in [2.45, 2.75) is 24.7 Å². The molecule has 0 amide bonds. The van der Waals surface area contributed by atoms with Crippen molar-refractivity contribution >= 4 is 10.0 Å². The molecule has 1 aliphatic heterocycles.